The van der Waals surface area contributed by atoms with Gasteiger partial charge in [0.15, 0.2) is 0 Å². The minimum absolute atomic E-state index is 0.641. The summed E-state index contributed by atoms with van der Waals surface area (Å²) >= 11 is 1.90. The highest BCUT2D eigenvalue weighted by Crippen LogP contribution is 2.37. The Morgan fingerprint density at radius 2 is 2.00 bits per heavy atom. The van der Waals surface area contributed by atoms with Gasteiger partial charge < -0.3 is 0 Å². The summed E-state index contributed by atoms with van der Waals surface area (Å²) in [4.78, 5) is 5.70. The summed E-state index contributed by atoms with van der Waals surface area (Å²) in [5.41, 5.74) is 1.44. The molecular weight excluding hydrogens is 202 g/mol. The molecule has 0 aromatic carbocycles. The molecule has 0 N–H and O–H groups in total. The Hall–Kier alpha value is -0.890. The normalized spacial score (nSPS) is 13.7. The molecule has 1 atom stereocenters. The van der Waals surface area contributed by atoms with E-state index in [4.69, 9.17) is 0 Å². The molecule has 0 saturated heterocycles. The van der Waals surface area contributed by atoms with Crippen LogP contribution in [0.5, 0.6) is 0 Å². The smallest absolute Gasteiger partial charge is 0.0531 e. The molecule has 2 heterocycles. The van der Waals surface area contributed by atoms with E-state index in [9.17, 15) is 0 Å². The van der Waals surface area contributed by atoms with Crippen molar-refractivity contribution in [1.82, 2.24) is 4.98 Å². The number of nitrogens with zero attached hydrogens (tertiary/aromatic N) is 1. The van der Waals surface area contributed by atoms with Gasteiger partial charge in [-0.05, 0) is 35.8 Å². The van der Waals surface area contributed by atoms with Crippen LogP contribution in [-0.4, -0.2) is 4.98 Å². The predicted molar refractivity (Wildman–Crippen MR) is 67.6 cm³/mol. The van der Waals surface area contributed by atoms with Crippen molar-refractivity contribution in [2.75, 3.05) is 0 Å². The maximum Gasteiger partial charge on any atom is 0.0531 e. The molecule has 0 amide bonds. The number of aromatic nitrogens is 1. The van der Waals surface area contributed by atoms with Gasteiger partial charge in [-0.3, -0.25) is 4.98 Å². The van der Waals surface area contributed by atoms with Crippen LogP contribution in [0.4, 0.5) is 0 Å². The number of rotatable bonds is 2. The number of fused-ring (bicyclic) bond motifs is 1. The summed E-state index contributed by atoms with van der Waals surface area (Å²) in [5, 5.41) is 1.37. The monoisotopic (exact) mass is 219 g/mol. The van der Waals surface area contributed by atoms with Gasteiger partial charge in [0.25, 0.3) is 0 Å². The summed E-state index contributed by atoms with van der Waals surface area (Å²) in [5.74, 6) is 1.34. The number of hydrogen-bond donors (Lipinski definition) is 0. The lowest BCUT2D eigenvalue weighted by molar-refractivity contribution is 0.541. The minimum atomic E-state index is 0.641. The Morgan fingerprint density at radius 1 is 1.27 bits per heavy atom. The van der Waals surface area contributed by atoms with Gasteiger partial charge in [0.2, 0.25) is 0 Å². The van der Waals surface area contributed by atoms with Crippen molar-refractivity contribution in [3.63, 3.8) is 0 Å². The molecule has 0 bridgehead atoms. The Labute approximate surface area is 95.2 Å². The van der Waals surface area contributed by atoms with E-state index in [1.807, 2.05) is 23.7 Å². The highest BCUT2D eigenvalue weighted by Gasteiger charge is 2.16. The molecule has 0 saturated carbocycles. The maximum absolute atomic E-state index is 4.18. The van der Waals surface area contributed by atoms with Crippen molar-refractivity contribution in [3.05, 3.63) is 28.9 Å². The maximum atomic E-state index is 4.18. The largest absolute Gasteiger partial charge is 0.263 e. The van der Waals surface area contributed by atoms with E-state index in [2.05, 4.69) is 38.7 Å². The van der Waals surface area contributed by atoms with Crippen LogP contribution >= 0.6 is 11.3 Å². The van der Waals surface area contributed by atoms with Crippen LogP contribution in [0.25, 0.3) is 10.1 Å². The average Bonchev–Trinajstić information content (AvgIpc) is 2.56. The van der Waals surface area contributed by atoms with Crippen molar-refractivity contribution in [2.45, 2.75) is 33.6 Å². The van der Waals surface area contributed by atoms with Gasteiger partial charge in [0, 0.05) is 17.3 Å². The van der Waals surface area contributed by atoms with E-state index in [0.717, 1.165) is 0 Å². The summed E-state index contributed by atoms with van der Waals surface area (Å²) < 4.78 is 1.32. The lowest BCUT2D eigenvalue weighted by Gasteiger charge is -2.14. The molecule has 2 rings (SSSR count). The van der Waals surface area contributed by atoms with Crippen LogP contribution in [0.3, 0.4) is 0 Å². The second kappa shape index (κ2) is 3.93. The Bertz CT molecular complexity index is 470. The molecule has 0 radical (unpaired) electrons. The number of thiophene rings is 1. The summed E-state index contributed by atoms with van der Waals surface area (Å²) in [6, 6.07) is 2.12. The SMILES string of the molecule is Cc1c([C@@H](C)C(C)C)sc2cnccc12. The highest BCUT2D eigenvalue weighted by molar-refractivity contribution is 7.19. The van der Waals surface area contributed by atoms with E-state index >= 15 is 0 Å². The quantitative estimate of drug-likeness (QED) is 0.731. The van der Waals surface area contributed by atoms with Crippen molar-refractivity contribution >= 4 is 21.4 Å². The summed E-state index contributed by atoms with van der Waals surface area (Å²) in [6.45, 7) is 9.11. The molecular formula is C13H17NS. The molecule has 0 unspecified atom stereocenters. The third-order valence-corrected chi connectivity index (χ3v) is 4.63. The predicted octanol–water partition coefficient (Wildman–Crippen LogP) is 4.36. The minimum Gasteiger partial charge on any atom is -0.263 e. The third-order valence-electron chi connectivity index (χ3n) is 3.19. The zero-order valence-corrected chi connectivity index (χ0v) is 10.6. The first-order valence-electron chi connectivity index (χ1n) is 5.44. The fraction of sp³-hybridized carbons (Fsp3) is 0.462. The van der Waals surface area contributed by atoms with Crippen molar-refractivity contribution in [2.24, 2.45) is 5.92 Å². The zero-order chi connectivity index (χ0) is 11.0. The fourth-order valence-electron chi connectivity index (χ4n) is 1.84. The second-order valence-electron chi connectivity index (χ2n) is 4.50. The fourth-order valence-corrected chi connectivity index (χ4v) is 3.24. The van der Waals surface area contributed by atoms with Crippen LogP contribution in [0.2, 0.25) is 0 Å². The number of pyridine rings is 1. The van der Waals surface area contributed by atoms with Gasteiger partial charge in [0.1, 0.15) is 0 Å². The van der Waals surface area contributed by atoms with Gasteiger partial charge in [0.05, 0.1) is 4.70 Å². The lowest BCUT2D eigenvalue weighted by atomic mass is 9.94. The first-order valence-corrected chi connectivity index (χ1v) is 6.26. The van der Waals surface area contributed by atoms with Gasteiger partial charge in [-0.15, -0.1) is 11.3 Å². The van der Waals surface area contributed by atoms with Gasteiger partial charge >= 0.3 is 0 Å². The highest BCUT2D eigenvalue weighted by atomic mass is 32.1. The lowest BCUT2D eigenvalue weighted by Crippen LogP contribution is -2.00. The van der Waals surface area contributed by atoms with E-state index in [1.165, 1.54) is 20.5 Å². The first kappa shape index (κ1) is 10.6. The molecule has 2 aromatic heterocycles. The van der Waals surface area contributed by atoms with Crippen LogP contribution in [0.15, 0.2) is 18.5 Å². The van der Waals surface area contributed by atoms with E-state index in [1.54, 1.807) is 0 Å². The van der Waals surface area contributed by atoms with Crippen molar-refractivity contribution in [1.29, 1.82) is 0 Å². The second-order valence-corrected chi connectivity index (χ2v) is 5.58. The molecule has 1 nitrogen and oxygen atoms in total. The van der Waals surface area contributed by atoms with E-state index < -0.39 is 0 Å². The molecule has 15 heavy (non-hydrogen) atoms. The third kappa shape index (κ3) is 1.78. The first-order chi connectivity index (χ1) is 7.11. The van der Waals surface area contributed by atoms with Crippen LogP contribution in [0.1, 0.15) is 37.1 Å². The molecule has 80 valence electrons. The van der Waals surface area contributed by atoms with Crippen LogP contribution < -0.4 is 0 Å². The van der Waals surface area contributed by atoms with Crippen molar-refractivity contribution in [3.8, 4) is 0 Å². The Balaban J connectivity index is 2.58. The van der Waals surface area contributed by atoms with Crippen LogP contribution in [-0.2, 0) is 0 Å². The van der Waals surface area contributed by atoms with Gasteiger partial charge in [-0.1, -0.05) is 20.8 Å². The standard InChI is InChI=1S/C13H17NS/c1-8(2)9(3)13-10(4)11-5-6-14-7-12(11)15-13/h5-9H,1-4H3/t9-/m0/s1. The molecule has 2 aromatic rings. The molecule has 0 aliphatic heterocycles. The number of hydrogen-bond acceptors (Lipinski definition) is 2. The van der Waals surface area contributed by atoms with Gasteiger partial charge in [-0.2, -0.15) is 0 Å². The topological polar surface area (TPSA) is 12.9 Å². The summed E-state index contributed by atoms with van der Waals surface area (Å²) in [6.07, 6.45) is 3.86. The van der Waals surface area contributed by atoms with E-state index in [0.29, 0.717) is 11.8 Å². The molecule has 0 aliphatic carbocycles. The van der Waals surface area contributed by atoms with Crippen molar-refractivity contribution < 1.29 is 0 Å². The zero-order valence-electron chi connectivity index (χ0n) is 9.74. The summed E-state index contributed by atoms with van der Waals surface area (Å²) in [7, 11) is 0. The van der Waals surface area contributed by atoms with E-state index in [-0.39, 0.29) is 0 Å². The van der Waals surface area contributed by atoms with Gasteiger partial charge in [-0.25, -0.2) is 0 Å². The average molecular weight is 219 g/mol. The molecule has 0 fully saturated rings. The Kier molecular flexibility index (Phi) is 2.79. The molecule has 0 aliphatic rings. The molecule has 2 heteroatoms. The molecule has 0 spiro atoms. The Morgan fingerprint density at radius 3 is 2.60 bits per heavy atom. The number of aryl methyl sites for hydroxylation is 1. The van der Waals surface area contributed by atoms with Crippen LogP contribution in [0, 0.1) is 12.8 Å².